The van der Waals surface area contributed by atoms with Crippen LogP contribution in [0.2, 0.25) is 0 Å². The number of nitrogens with zero attached hydrogens (tertiary/aromatic N) is 2. The van der Waals surface area contributed by atoms with Gasteiger partial charge < -0.3 is 14.2 Å². The Morgan fingerprint density at radius 3 is 2.28 bits per heavy atom. The summed E-state index contributed by atoms with van der Waals surface area (Å²) in [6, 6.07) is 24.8. The lowest BCUT2D eigenvalue weighted by molar-refractivity contribution is 0.0784. The van der Waals surface area contributed by atoms with Crippen molar-refractivity contribution < 1.29 is 13.6 Å². The van der Waals surface area contributed by atoms with E-state index in [0.29, 0.717) is 11.8 Å². The lowest BCUT2D eigenvalue weighted by Crippen LogP contribution is -2.37. The van der Waals surface area contributed by atoms with Crippen LogP contribution in [-0.4, -0.2) is 48.4 Å². The van der Waals surface area contributed by atoms with Crippen molar-refractivity contribution >= 4 is 16.7 Å². The van der Waals surface area contributed by atoms with Crippen molar-refractivity contribution in [3.05, 3.63) is 108 Å². The minimum absolute atomic E-state index is 0.161. The molecule has 0 aliphatic carbocycles. The minimum Gasteiger partial charge on any atom is -0.473 e. The van der Waals surface area contributed by atoms with Gasteiger partial charge >= 0.3 is 0 Å². The van der Waals surface area contributed by atoms with Crippen molar-refractivity contribution in [3.8, 4) is 0 Å². The Balaban J connectivity index is 0.000000477. The highest BCUT2D eigenvalue weighted by atomic mass is 19.1. The molecule has 1 aromatic heterocycles. The first-order valence-electron chi connectivity index (χ1n) is 12.9. The molecule has 0 saturated carbocycles. The molecule has 4 aromatic rings. The normalized spacial score (nSPS) is 18.7. The van der Waals surface area contributed by atoms with Crippen molar-refractivity contribution in [2.24, 2.45) is 5.92 Å². The third kappa shape index (κ3) is 5.85. The third-order valence-electron chi connectivity index (χ3n) is 7.46. The number of rotatable bonds is 4. The zero-order chi connectivity index (χ0) is 24.7. The fourth-order valence-corrected chi connectivity index (χ4v) is 5.52. The first kappa shape index (κ1) is 24.3. The molecule has 1 unspecified atom stereocenters. The zero-order valence-electron chi connectivity index (χ0n) is 20.6. The largest absolute Gasteiger partial charge is 0.473 e. The highest BCUT2D eigenvalue weighted by Gasteiger charge is 2.30. The molecule has 3 heterocycles. The fraction of sp³-hybridized carbons (Fsp3) is 0.323. The summed E-state index contributed by atoms with van der Waals surface area (Å²) in [5.74, 6) is 1.07. The van der Waals surface area contributed by atoms with Crippen LogP contribution in [0, 0.1) is 11.7 Å². The van der Waals surface area contributed by atoms with E-state index in [1.807, 2.05) is 59.5 Å². The third-order valence-corrected chi connectivity index (χ3v) is 7.46. The van der Waals surface area contributed by atoms with Crippen molar-refractivity contribution in [2.45, 2.75) is 25.2 Å². The quantitative estimate of drug-likeness (QED) is 0.327. The van der Waals surface area contributed by atoms with E-state index in [1.165, 1.54) is 5.56 Å². The summed E-state index contributed by atoms with van der Waals surface area (Å²) in [5, 5.41) is 2.16. The number of amides is 1. The molecule has 1 amide bonds. The van der Waals surface area contributed by atoms with Gasteiger partial charge in [0.05, 0.1) is 12.5 Å². The van der Waals surface area contributed by atoms with E-state index in [1.54, 1.807) is 24.7 Å². The van der Waals surface area contributed by atoms with E-state index in [9.17, 15) is 9.18 Å². The maximum absolute atomic E-state index is 13.2. The van der Waals surface area contributed by atoms with Gasteiger partial charge in [-0.1, -0.05) is 48.5 Å². The summed E-state index contributed by atoms with van der Waals surface area (Å²) in [5.41, 5.74) is 2.08. The van der Waals surface area contributed by atoms with Gasteiger partial charge in [-0.15, -0.1) is 0 Å². The summed E-state index contributed by atoms with van der Waals surface area (Å²) in [7, 11) is 0. The molecule has 0 radical (unpaired) electrons. The second kappa shape index (κ2) is 11.5. The van der Waals surface area contributed by atoms with Gasteiger partial charge in [0.2, 0.25) is 0 Å². The van der Waals surface area contributed by atoms with E-state index in [2.05, 4.69) is 21.4 Å². The van der Waals surface area contributed by atoms with E-state index >= 15 is 0 Å². The molecule has 4 nitrogen and oxygen atoms in total. The Kier molecular flexibility index (Phi) is 7.77. The number of hydrogen-bond donors (Lipinski definition) is 0. The average molecular weight is 485 g/mol. The molecule has 0 bridgehead atoms. The van der Waals surface area contributed by atoms with E-state index in [0.717, 1.165) is 68.3 Å². The molecular formula is C31H33FN2O2. The van der Waals surface area contributed by atoms with E-state index < -0.39 is 0 Å². The smallest absolute Gasteiger partial charge is 0.254 e. The number of halogens is 1. The molecule has 36 heavy (non-hydrogen) atoms. The second-order valence-electron chi connectivity index (χ2n) is 9.85. The van der Waals surface area contributed by atoms with Crippen molar-refractivity contribution in [2.75, 3.05) is 32.7 Å². The van der Waals surface area contributed by atoms with Crippen LogP contribution in [0.15, 0.2) is 95.8 Å². The Labute approximate surface area is 212 Å². The number of benzene rings is 3. The zero-order valence-corrected chi connectivity index (χ0v) is 20.6. The Hall–Kier alpha value is -3.44. The van der Waals surface area contributed by atoms with Crippen molar-refractivity contribution in [3.63, 3.8) is 0 Å². The number of likely N-dealkylation sites (tertiary alicyclic amines) is 2. The average Bonchev–Trinajstić information content (AvgIpc) is 3.65. The first-order chi connectivity index (χ1) is 17.7. The van der Waals surface area contributed by atoms with Gasteiger partial charge in [-0.2, -0.15) is 0 Å². The van der Waals surface area contributed by atoms with Gasteiger partial charge in [-0.25, -0.2) is 4.39 Å². The van der Waals surface area contributed by atoms with Crippen LogP contribution in [-0.2, 0) is 0 Å². The SMILES string of the molecule is O=C(c1cccc2ccccc12)N1CCC(CN2CCC(c3ccc(F)cc3)CC2)C1.c1ccoc1. The van der Waals surface area contributed by atoms with Gasteiger partial charge in [-0.05, 0) is 90.9 Å². The van der Waals surface area contributed by atoms with Crippen LogP contribution < -0.4 is 0 Å². The van der Waals surface area contributed by atoms with E-state index in [4.69, 9.17) is 0 Å². The summed E-state index contributed by atoms with van der Waals surface area (Å²) >= 11 is 0. The molecule has 5 heteroatoms. The molecule has 0 N–H and O–H groups in total. The number of carbonyl (C=O) groups is 1. The van der Waals surface area contributed by atoms with Gasteiger partial charge in [-0.3, -0.25) is 4.79 Å². The number of carbonyl (C=O) groups excluding carboxylic acids is 1. The summed E-state index contributed by atoms with van der Waals surface area (Å²) in [4.78, 5) is 17.8. The second-order valence-corrected chi connectivity index (χ2v) is 9.85. The Morgan fingerprint density at radius 2 is 1.56 bits per heavy atom. The summed E-state index contributed by atoms with van der Waals surface area (Å²) in [6.07, 6.45) is 6.57. The number of furan rings is 1. The van der Waals surface area contributed by atoms with Crippen molar-refractivity contribution in [1.29, 1.82) is 0 Å². The lowest BCUT2D eigenvalue weighted by atomic mass is 9.89. The topological polar surface area (TPSA) is 36.7 Å². The summed E-state index contributed by atoms with van der Waals surface area (Å²) < 4.78 is 17.8. The fourth-order valence-electron chi connectivity index (χ4n) is 5.52. The highest BCUT2D eigenvalue weighted by Crippen LogP contribution is 2.30. The molecular weight excluding hydrogens is 451 g/mol. The molecule has 1 atom stereocenters. The maximum Gasteiger partial charge on any atom is 0.254 e. The van der Waals surface area contributed by atoms with Crippen LogP contribution in [0.5, 0.6) is 0 Å². The van der Waals surface area contributed by atoms with Crippen LogP contribution in [0.1, 0.15) is 41.1 Å². The number of fused-ring (bicyclic) bond motifs is 1. The molecule has 3 aromatic carbocycles. The summed E-state index contributed by atoms with van der Waals surface area (Å²) in [6.45, 7) is 4.92. The maximum atomic E-state index is 13.2. The van der Waals surface area contributed by atoms with Crippen LogP contribution >= 0.6 is 0 Å². The molecule has 6 rings (SSSR count). The van der Waals surface area contributed by atoms with Gasteiger partial charge in [0.25, 0.3) is 5.91 Å². The monoisotopic (exact) mass is 484 g/mol. The first-order valence-corrected chi connectivity index (χ1v) is 12.9. The standard InChI is InChI=1S/C27H29FN2O.C4H4O/c28-24-10-8-21(9-11-24)22-13-15-29(16-14-22)18-20-12-17-30(19-20)27(31)26-7-3-5-23-4-1-2-6-25(23)26;1-2-4-5-3-1/h1-11,20,22H,12-19H2;1-4H. The van der Waals surface area contributed by atoms with Crippen LogP contribution in [0.4, 0.5) is 4.39 Å². The van der Waals surface area contributed by atoms with Crippen LogP contribution in [0.25, 0.3) is 10.8 Å². The lowest BCUT2D eigenvalue weighted by Gasteiger charge is -2.33. The Morgan fingerprint density at radius 1 is 0.833 bits per heavy atom. The van der Waals surface area contributed by atoms with E-state index in [-0.39, 0.29) is 11.7 Å². The predicted molar refractivity (Wildman–Crippen MR) is 141 cm³/mol. The van der Waals surface area contributed by atoms with Gasteiger partial charge in [0.1, 0.15) is 5.82 Å². The van der Waals surface area contributed by atoms with Crippen LogP contribution in [0.3, 0.4) is 0 Å². The van der Waals surface area contributed by atoms with Gasteiger partial charge in [0.15, 0.2) is 0 Å². The molecule has 0 spiro atoms. The van der Waals surface area contributed by atoms with Crippen molar-refractivity contribution in [1.82, 2.24) is 9.80 Å². The highest BCUT2D eigenvalue weighted by molar-refractivity contribution is 6.07. The molecule has 186 valence electrons. The number of piperidine rings is 1. The molecule has 2 fully saturated rings. The Bertz CT molecular complexity index is 1220. The van der Waals surface area contributed by atoms with Gasteiger partial charge in [0, 0.05) is 25.2 Å². The predicted octanol–water partition coefficient (Wildman–Crippen LogP) is 6.60. The molecule has 2 saturated heterocycles. The minimum atomic E-state index is -0.162. The molecule has 2 aliphatic rings. The molecule has 2 aliphatic heterocycles. The number of hydrogen-bond acceptors (Lipinski definition) is 3.